The highest BCUT2D eigenvalue weighted by Crippen LogP contribution is 2.52. The number of aromatic nitrogens is 2. The van der Waals surface area contributed by atoms with E-state index in [1.807, 2.05) is 0 Å². The number of ketones is 1. The zero-order valence-electron chi connectivity index (χ0n) is 60.3. The Kier molecular flexibility index (Phi) is 26.4. The fourth-order valence-electron chi connectivity index (χ4n) is 15.9. The molecule has 0 atom stereocenters. The number of rotatable bonds is 46. The van der Waals surface area contributed by atoms with Crippen molar-refractivity contribution in [2.24, 2.45) is 0 Å². The van der Waals surface area contributed by atoms with E-state index in [0.29, 0.717) is 35.4 Å². The zero-order valence-corrected chi connectivity index (χ0v) is 61.9. The number of amides is 8. The van der Waals surface area contributed by atoms with Crippen molar-refractivity contribution in [1.29, 1.82) is 0 Å². The molecule has 11 rings (SSSR count). The summed E-state index contributed by atoms with van der Waals surface area (Å²) in [6.45, 7) is 9.64. The van der Waals surface area contributed by atoms with Crippen LogP contribution in [-0.4, -0.2) is 109 Å². The summed E-state index contributed by atoms with van der Waals surface area (Å²) in [4.78, 5) is 151. The molecule has 0 saturated carbocycles. The Hall–Kier alpha value is -7.11. The first-order valence-electron chi connectivity index (χ1n) is 39.2. The van der Waals surface area contributed by atoms with Crippen molar-refractivity contribution in [2.45, 2.75) is 285 Å². The van der Waals surface area contributed by atoms with Crippen molar-refractivity contribution in [2.75, 3.05) is 26.2 Å². The summed E-state index contributed by atoms with van der Waals surface area (Å²) >= 11 is 2.33. The Bertz CT molecular complexity index is 3780. The van der Waals surface area contributed by atoms with Gasteiger partial charge in [-0.05, 0) is 62.1 Å². The van der Waals surface area contributed by atoms with Gasteiger partial charge in [-0.15, -0.1) is 22.7 Å². The van der Waals surface area contributed by atoms with E-state index in [4.69, 9.17) is 9.97 Å². The lowest BCUT2D eigenvalue weighted by molar-refractivity contribution is 0.0586. The molecule has 4 aromatic carbocycles. The van der Waals surface area contributed by atoms with E-state index in [1.165, 1.54) is 171 Å². The largest absolute Gasteiger partial charge is 0.285 e. The molecule has 0 unspecified atom stereocenters. The Labute approximate surface area is 600 Å². The van der Waals surface area contributed by atoms with Gasteiger partial charge in [-0.2, -0.15) is 0 Å². The average molecular weight is 1400 g/mol. The van der Waals surface area contributed by atoms with E-state index in [0.717, 1.165) is 103 Å². The lowest BCUT2D eigenvalue weighted by Crippen LogP contribution is -2.44. The van der Waals surface area contributed by atoms with Gasteiger partial charge in [0.2, 0.25) is 5.78 Å². The molecule has 5 aliphatic rings. The molecule has 4 aliphatic heterocycles. The van der Waals surface area contributed by atoms with Crippen LogP contribution in [0.3, 0.4) is 0 Å². The van der Waals surface area contributed by atoms with Crippen LogP contribution in [0.5, 0.6) is 0 Å². The highest BCUT2D eigenvalue weighted by molar-refractivity contribution is 7.26. The molecule has 100 heavy (non-hydrogen) atoms. The molecular formula is C83H106N6O9S2. The van der Waals surface area contributed by atoms with Gasteiger partial charge in [0.25, 0.3) is 47.3 Å². The maximum Gasteiger partial charge on any atom is 0.262 e. The van der Waals surface area contributed by atoms with Crippen LogP contribution in [0, 0.1) is 0 Å². The summed E-state index contributed by atoms with van der Waals surface area (Å²) in [7, 11) is 0. The Balaban J connectivity index is 0.920. The second-order valence-electron chi connectivity index (χ2n) is 29.0. The van der Waals surface area contributed by atoms with Gasteiger partial charge in [0, 0.05) is 92.2 Å². The van der Waals surface area contributed by atoms with Gasteiger partial charge in [0.05, 0.1) is 20.9 Å². The summed E-state index contributed by atoms with van der Waals surface area (Å²) in [5.41, 5.74) is 2.37. The third-order valence-electron chi connectivity index (χ3n) is 21.6. The maximum absolute atomic E-state index is 15.4. The molecule has 0 spiro atoms. The average Bonchev–Trinajstić information content (AvgIpc) is 1.02. The maximum atomic E-state index is 15.4. The highest BCUT2D eigenvalue weighted by Gasteiger charge is 2.46. The topological polar surface area (TPSA) is 192 Å². The minimum atomic E-state index is -0.553. The van der Waals surface area contributed by atoms with Gasteiger partial charge < -0.3 is 0 Å². The number of fused-ring (bicyclic) bond motifs is 3. The van der Waals surface area contributed by atoms with Gasteiger partial charge >= 0.3 is 0 Å². The number of carbonyl (C=O) groups is 9. The van der Waals surface area contributed by atoms with E-state index < -0.39 is 53.0 Å². The Morgan fingerprint density at radius 1 is 0.260 bits per heavy atom. The summed E-state index contributed by atoms with van der Waals surface area (Å²) < 4.78 is 0. The van der Waals surface area contributed by atoms with Crippen LogP contribution in [0.15, 0.2) is 36.4 Å². The fourth-order valence-corrected chi connectivity index (χ4v) is 18.2. The molecular weight excluding hydrogens is 1290 g/mol. The van der Waals surface area contributed by atoms with Gasteiger partial charge in [-0.25, -0.2) is 9.97 Å². The Morgan fingerprint density at radius 3 is 0.740 bits per heavy atom. The van der Waals surface area contributed by atoms with Crippen LogP contribution in [-0.2, 0) is 0 Å². The highest BCUT2D eigenvalue weighted by atomic mass is 32.1. The lowest BCUT2D eigenvalue weighted by Gasteiger charge is -2.33. The SMILES string of the molecule is CCCCCCCCCCCCN1C(=O)c2ccc3c4c(c(-c5nc6c(s5)-c5sc(-c7cc8c9c(ccc%10c9c7C(=O)N(CCCCCCCCCCCC)C%10=O)C(=O)N(CCCCCCCCCCCC)C8=O)nc5C6=O)cc(c24)C1=O)C(=O)N(CCCCCCCCCCCC)C3=O. The van der Waals surface area contributed by atoms with Crippen molar-refractivity contribution >= 4 is 97.3 Å². The number of nitrogens with zero attached hydrogens (tertiary/aromatic N) is 6. The standard InChI is InChI=1S/C83H106N6O9S2/c1-5-9-13-17-21-25-29-33-37-41-49-86-76(91)55-45-47-57-65-63(55)61(80(86)95)53-59(67(65)82(97)88(78(57)93)51-43-39-35-31-27-23-19-15-11-7-3)74-84-69-71(90)70-73(72(69)99-74)100-75(85-70)60-54-62-64-56(77(92)87(81(62)96)50-42-38-34-30-26-22-18-14-10-6-2)46-48-58-66(64)68(60)83(98)89(79(58)94)52-44-40-36-32-28-24-20-16-12-8-4/h45-48,53-54H,5-44,49-52H2,1-4H3. The first-order valence-corrected chi connectivity index (χ1v) is 40.8. The van der Waals surface area contributed by atoms with Crippen molar-refractivity contribution in [3.63, 3.8) is 0 Å². The summed E-state index contributed by atoms with van der Waals surface area (Å²) in [6, 6.07) is 9.78. The third-order valence-corrected chi connectivity index (χ3v) is 24.0. The quantitative estimate of drug-likeness (QED) is 0.0260. The molecule has 0 fully saturated rings. The van der Waals surface area contributed by atoms with Crippen LogP contribution in [0.4, 0.5) is 0 Å². The second kappa shape index (κ2) is 35.7. The predicted octanol–water partition coefficient (Wildman–Crippen LogP) is 21.5. The van der Waals surface area contributed by atoms with E-state index in [9.17, 15) is 19.2 Å². The molecule has 2 aromatic heterocycles. The van der Waals surface area contributed by atoms with Crippen molar-refractivity contribution < 1.29 is 43.2 Å². The molecule has 17 heteroatoms. The number of hydrogen-bond acceptors (Lipinski definition) is 13. The van der Waals surface area contributed by atoms with Crippen LogP contribution < -0.4 is 0 Å². The molecule has 0 N–H and O–H groups in total. The Morgan fingerprint density at radius 2 is 0.480 bits per heavy atom. The number of unbranched alkanes of at least 4 members (excludes halogenated alkanes) is 36. The van der Waals surface area contributed by atoms with E-state index in [1.54, 1.807) is 36.4 Å². The van der Waals surface area contributed by atoms with Crippen molar-refractivity contribution in [3.8, 4) is 30.9 Å². The van der Waals surface area contributed by atoms with Gasteiger partial charge in [0.15, 0.2) is 0 Å². The molecule has 534 valence electrons. The summed E-state index contributed by atoms with van der Waals surface area (Å²) in [5.74, 6) is -4.53. The predicted molar refractivity (Wildman–Crippen MR) is 401 cm³/mol. The molecule has 15 nitrogen and oxygen atoms in total. The molecule has 0 bridgehead atoms. The van der Waals surface area contributed by atoms with Gasteiger partial charge in [-0.3, -0.25) is 62.8 Å². The van der Waals surface area contributed by atoms with Crippen LogP contribution in [0.2, 0.25) is 0 Å². The smallest absolute Gasteiger partial charge is 0.262 e. The van der Waals surface area contributed by atoms with E-state index >= 15 is 24.0 Å². The normalized spacial score (nSPS) is 14.7. The number of imide groups is 4. The van der Waals surface area contributed by atoms with Crippen LogP contribution in [0.25, 0.3) is 52.4 Å². The lowest BCUT2D eigenvalue weighted by atomic mass is 9.83. The molecule has 0 radical (unpaired) electrons. The minimum absolute atomic E-state index is 0.100. The first-order chi connectivity index (χ1) is 48.9. The minimum Gasteiger partial charge on any atom is -0.285 e. The second-order valence-corrected chi connectivity index (χ2v) is 31.0. The summed E-state index contributed by atoms with van der Waals surface area (Å²) in [6.07, 6.45) is 43.2. The number of hydrogen-bond donors (Lipinski definition) is 0. The monoisotopic (exact) mass is 1390 g/mol. The molecule has 6 heterocycles. The van der Waals surface area contributed by atoms with Crippen LogP contribution in [0.1, 0.15) is 384 Å². The molecule has 6 aromatic rings. The van der Waals surface area contributed by atoms with Gasteiger partial charge in [0.1, 0.15) is 21.4 Å². The van der Waals surface area contributed by atoms with E-state index in [2.05, 4.69) is 27.7 Å². The molecule has 1 aliphatic carbocycles. The van der Waals surface area contributed by atoms with Crippen LogP contribution >= 0.6 is 22.7 Å². The summed E-state index contributed by atoms with van der Waals surface area (Å²) in [5, 5.41) is 1.57. The zero-order chi connectivity index (χ0) is 70.2. The van der Waals surface area contributed by atoms with Crippen molar-refractivity contribution in [1.82, 2.24) is 29.6 Å². The van der Waals surface area contributed by atoms with Crippen molar-refractivity contribution in [3.05, 3.63) is 92.3 Å². The van der Waals surface area contributed by atoms with Gasteiger partial charge in [-0.1, -0.05) is 259 Å². The molecule has 8 amide bonds. The molecule has 0 saturated heterocycles. The number of carbonyl (C=O) groups excluding carboxylic acids is 9. The fraction of sp³-hybridized carbons (Fsp3) is 0.578. The number of benzene rings is 4. The van der Waals surface area contributed by atoms with E-state index in [-0.39, 0.29) is 125 Å². The third kappa shape index (κ3) is 15.9. The first kappa shape index (κ1) is 74.1. The number of thiazole rings is 2.